The Morgan fingerprint density at radius 1 is 0.289 bits per heavy atom. The molecule has 0 fully saturated rings. The highest BCUT2D eigenvalue weighted by atomic mass is 16.4. The molecule has 0 aromatic heterocycles. The summed E-state index contributed by atoms with van der Waals surface area (Å²) in [4.78, 5) is 0. The normalized spacial score (nSPS) is 11.6. The summed E-state index contributed by atoms with van der Waals surface area (Å²) in [5.41, 5.74) is 4.50. The van der Waals surface area contributed by atoms with E-state index in [4.69, 9.17) is 0 Å². The zero-order chi connectivity index (χ0) is 30.8. The van der Waals surface area contributed by atoms with Crippen molar-refractivity contribution in [1.29, 1.82) is 0 Å². The molecule has 8 aromatic carbocycles. The van der Waals surface area contributed by atoms with E-state index in [1.807, 2.05) is 48.5 Å². The van der Waals surface area contributed by atoms with Crippen molar-refractivity contribution in [3.63, 3.8) is 0 Å². The predicted molar refractivity (Wildman–Crippen MR) is 181 cm³/mol. The molecule has 0 amide bonds. The summed E-state index contributed by atoms with van der Waals surface area (Å²) >= 11 is 0. The number of aromatic hydroxyl groups is 5. The highest BCUT2D eigenvalue weighted by Gasteiger charge is 2.28. The highest BCUT2D eigenvalue weighted by molar-refractivity contribution is 6.23. The lowest BCUT2D eigenvalue weighted by Crippen LogP contribution is -1.92. The fraction of sp³-hybridized carbons (Fsp3) is 0. The van der Waals surface area contributed by atoms with Crippen molar-refractivity contribution in [1.82, 2.24) is 0 Å². The lowest BCUT2D eigenvalue weighted by Gasteiger charge is -2.20. The third-order valence-electron chi connectivity index (χ3n) is 8.78. The van der Waals surface area contributed by atoms with Crippen LogP contribution in [0.5, 0.6) is 28.7 Å². The molecule has 0 bridgehead atoms. The molecule has 0 spiro atoms. The molecule has 0 aliphatic rings. The number of benzene rings is 8. The third kappa shape index (κ3) is 3.95. The Morgan fingerprint density at radius 2 is 0.756 bits per heavy atom. The highest BCUT2D eigenvalue weighted by Crippen LogP contribution is 2.57. The summed E-state index contributed by atoms with van der Waals surface area (Å²) in [6.45, 7) is 0. The fourth-order valence-corrected chi connectivity index (χ4v) is 6.68. The zero-order valence-corrected chi connectivity index (χ0v) is 23.9. The molecule has 0 aliphatic heterocycles. The molecule has 45 heavy (non-hydrogen) atoms. The number of fused-ring (bicyclic) bond motifs is 4. The Morgan fingerprint density at radius 3 is 1.38 bits per heavy atom. The van der Waals surface area contributed by atoms with Crippen molar-refractivity contribution in [2.24, 2.45) is 0 Å². The molecule has 5 N–H and O–H groups in total. The van der Waals surface area contributed by atoms with Crippen LogP contribution in [0.4, 0.5) is 0 Å². The molecule has 5 nitrogen and oxygen atoms in total. The Kier molecular flexibility index (Phi) is 5.83. The first-order valence-electron chi connectivity index (χ1n) is 14.6. The summed E-state index contributed by atoms with van der Waals surface area (Å²) in [6.07, 6.45) is 0. The second-order valence-electron chi connectivity index (χ2n) is 11.3. The van der Waals surface area contributed by atoms with E-state index < -0.39 is 28.7 Å². The van der Waals surface area contributed by atoms with Crippen LogP contribution in [0.3, 0.4) is 0 Å². The van der Waals surface area contributed by atoms with Crippen molar-refractivity contribution in [3.8, 4) is 62.1 Å². The maximum absolute atomic E-state index is 11.0. The molecule has 0 heterocycles. The van der Waals surface area contributed by atoms with E-state index in [2.05, 4.69) is 78.9 Å². The van der Waals surface area contributed by atoms with Gasteiger partial charge in [-0.25, -0.2) is 0 Å². The van der Waals surface area contributed by atoms with Crippen LogP contribution in [0.1, 0.15) is 0 Å². The number of hydrogen-bond donors (Lipinski definition) is 5. The van der Waals surface area contributed by atoms with Gasteiger partial charge >= 0.3 is 0 Å². The van der Waals surface area contributed by atoms with Gasteiger partial charge in [0.2, 0.25) is 17.2 Å². The maximum Gasteiger partial charge on any atom is 0.208 e. The SMILES string of the molecule is Oc1c(O)c(O)c(-c2c3ccccc3c(-c3ccc4ccc(-c5cccc6ccccc56)cc4c3)c3ccccc23)c(O)c1O. The summed E-state index contributed by atoms with van der Waals surface area (Å²) in [7, 11) is 0. The molecule has 216 valence electrons. The minimum atomic E-state index is -0.988. The lowest BCUT2D eigenvalue weighted by molar-refractivity contribution is 0.330. The van der Waals surface area contributed by atoms with Crippen molar-refractivity contribution in [2.45, 2.75) is 0 Å². The van der Waals surface area contributed by atoms with Gasteiger partial charge in [0.15, 0.2) is 11.5 Å². The average Bonchev–Trinajstić information content (AvgIpc) is 3.09. The topological polar surface area (TPSA) is 101 Å². The van der Waals surface area contributed by atoms with Gasteiger partial charge in [0, 0.05) is 5.56 Å². The summed E-state index contributed by atoms with van der Waals surface area (Å²) in [6, 6.07) is 42.9. The number of phenols is 5. The molecule has 0 saturated carbocycles. The van der Waals surface area contributed by atoms with E-state index in [0.29, 0.717) is 16.3 Å². The molecular formula is C40H26O5. The zero-order valence-electron chi connectivity index (χ0n) is 23.9. The maximum atomic E-state index is 11.0. The van der Waals surface area contributed by atoms with Crippen LogP contribution in [0.2, 0.25) is 0 Å². The molecular weight excluding hydrogens is 560 g/mol. The molecule has 0 atom stereocenters. The van der Waals surface area contributed by atoms with Crippen LogP contribution in [0.25, 0.3) is 76.5 Å². The van der Waals surface area contributed by atoms with Gasteiger partial charge in [0.25, 0.3) is 0 Å². The van der Waals surface area contributed by atoms with Crippen LogP contribution in [-0.4, -0.2) is 25.5 Å². The van der Waals surface area contributed by atoms with Crippen LogP contribution in [-0.2, 0) is 0 Å². The molecule has 0 unspecified atom stereocenters. The Labute approximate surface area is 257 Å². The smallest absolute Gasteiger partial charge is 0.208 e. The largest absolute Gasteiger partial charge is 0.504 e. The van der Waals surface area contributed by atoms with Crippen molar-refractivity contribution >= 4 is 43.1 Å². The second-order valence-corrected chi connectivity index (χ2v) is 11.3. The standard InChI is InChI=1S/C40H26O5/c41-36-35(37(42)39(44)40(45)38(36)43)34-31-13-5-3-11-29(31)33(30-12-4-6-14-32(30)34)25-19-17-22-16-18-24(20-26(22)21-25)28-15-7-9-23-8-1-2-10-27(23)28/h1-21,41-45H. The first kappa shape index (κ1) is 26.4. The molecule has 8 rings (SSSR count). The van der Waals surface area contributed by atoms with Gasteiger partial charge in [-0.2, -0.15) is 0 Å². The monoisotopic (exact) mass is 586 g/mol. The molecule has 8 aromatic rings. The van der Waals surface area contributed by atoms with Crippen molar-refractivity contribution in [2.75, 3.05) is 0 Å². The van der Waals surface area contributed by atoms with Crippen LogP contribution >= 0.6 is 0 Å². The molecule has 0 radical (unpaired) electrons. The summed E-state index contributed by atoms with van der Waals surface area (Å²) in [5, 5.41) is 60.5. The van der Waals surface area contributed by atoms with E-state index in [-0.39, 0.29) is 5.56 Å². The van der Waals surface area contributed by atoms with E-state index in [9.17, 15) is 25.5 Å². The van der Waals surface area contributed by atoms with Gasteiger partial charge < -0.3 is 25.5 Å². The van der Waals surface area contributed by atoms with E-state index >= 15 is 0 Å². The van der Waals surface area contributed by atoms with Gasteiger partial charge in [-0.15, -0.1) is 0 Å². The van der Waals surface area contributed by atoms with Crippen molar-refractivity contribution < 1.29 is 25.5 Å². The summed E-state index contributed by atoms with van der Waals surface area (Å²) in [5.74, 6) is -4.25. The van der Waals surface area contributed by atoms with E-state index in [1.54, 1.807) is 0 Å². The fourth-order valence-electron chi connectivity index (χ4n) is 6.68. The van der Waals surface area contributed by atoms with Crippen LogP contribution in [0.15, 0.2) is 127 Å². The van der Waals surface area contributed by atoms with E-state index in [0.717, 1.165) is 38.2 Å². The molecule has 5 heteroatoms. The minimum absolute atomic E-state index is 0.167. The first-order valence-corrected chi connectivity index (χ1v) is 14.6. The van der Waals surface area contributed by atoms with E-state index in [1.165, 1.54) is 16.3 Å². The van der Waals surface area contributed by atoms with Crippen molar-refractivity contribution in [3.05, 3.63) is 127 Å². The lowest BCUT2D eigenvalue weighted by atomic mass is 9.84. The summed E-state index contributed by atoms with van der Waals surface area (Å²) < 4.78 is 0. The minimum Gasteiger partial charge on any atom is -0.504 e. The predicted octanol–water partition coefficient (Wildman–Crippen LogP) is 9.83. The van der Waals surface area contributed by atoms with Crippen LogP contribution in [0, 0.1) is 0 Å². The van der Waals surface area contributed by atoms with Gasteiger partial charge in [-0.1, -0.05) is 115 Å². The number of rotatable bonds is 3. The number of hydrogen-bond acceptors (Lipinski definition) is 5. The van der Waals surface area contributed by atoms with Gasteiger partial charge in [0.05, 0.1) is 5.56 Å². The van der Waals surface area contributed by atoms with Gasteiger partial charge in [-0.05, 0) is 77.5 Å². The van der Waals surface area contributed by atoms with Gasteiger partial charge in [0.1, 0.15) is 0 Å². The Balaban J connectivity index is 1.41. The Bertz CT molecular complexity index is 2400. The second kappa shape index (κ2) is 9.93. The first-order chi connectivity index (χ1) is 21.9. The molecule has 0 saturated heterocycles. The van der Waals surface area contributed by atoms with Crippen LogP contribution < -0.4 is 0 Å². The number of phenolic OH excluding ortho intramolecular Hbond substituents is 5. The third-order valence-corrected chi connectivity index (χ3v) is 8.78. The Hall–Kier alpha value is -6.20. The quantitative estimate of drug-likeness (QED) is 0.0806. The average molecular weight is 587 g/mol. The molecule has 0 aliphatic carbocycles. The van der Waals surface area contributed by atoms with Gasteiger partial charge in [-0.3, -0.25) is 0 Å².